The second-order valence-corrected chi connectivity index (χ2v) is 12.3. The van der Waals surface area contributed by atoms with Gasteiger partial charge in [-0.25, -0.2) is 0 Å². The molecule has 5 heteroatoms. The molecule has 0 aliphatic rings. The molecule has 0 aliphatic carbocycles. The molecule has 9 rings (SSSR count). The summed E-state index contributed by atoms with van der Waals surface area (Å²) in [5.41, 5.74) is 11.1. The highest BCUT2D eigenvalue weighted by atomic mass is 15.0. The smallest absolute Gasteiger partial charge is 0.101 e. The zero-order valence-electron chi connectivity index (χ0n) is 26.7. The number of rotatable bonds is 4. The van der Waals surface area contributed by atoms with E-state index in [9.17, 15) is 15.8 Å². The van der Waals surface area contributed by atoms with Crippen molar-refractivity contribution in [2.75, 3.05) is 0 Å². The molecule has 7 aromatic carbocycles. The van der Waals surface area contributed by atoms with Crippen molar-refractivity contribution in [2.24, 2.45) is 0 Å². The van der Waals surface area contributed by atoms with Crippen molar-refractivity contribution >= 4 is 43.6 Å². The summed E-state index contributed by atoms with van der Waals surface area (Å²) in [6, 6.07) is 57.8. The zero-order valence-corrected chi connectivity index (χ0v) is 26.7. The van der Waals surface area contributed by atoms with Crippen LogP contribution in [0.2, 0.25) is 0 Å². The number of nitriles is 3. The molecule has 0 bridgehead atoms. The summed E-state index contributed by atoms with van der Waals surface area (Å²) in [4.78, 5) is 0. The summed E-state index contributed by atoms with van der Waals surface area (Å²) in [7, 11) is 0. The van der Waals surface area contributed by atoms with Gasteiger partial charge >= 0.3 is 0 Å². The Labute approximate surface area is 287 Å². The number of nitrogens with zero attached hydrogens (tertiary/aromatic N) is 5. The highest BCUT2D eigenvalue weighted by Crippen LogP contribution is 2.42. The molecule has 0 radical (unpaired) electrons. The SMILES string of the molecule is N#Cc1ccc2c(c1)c1cccc(C#N)c1n2-c1ccc(C#N)c(-c2ccccc2-c2ccccc2-n2c3ccccc3c3ccccc32)c1. The topological polar surface area (TPSA) is 81.2 Å². The van der Waals surface area contributed by atoms with E-state index in [1.165, 1.54) is 10.8 Å². The Hall–Kier alpha value is -7.39. The first-order valence-electron chi connectivity index (χ1n) is 16.3. The van der Waals surface area contributed by atoms with Crippen LogP contribution in [0.5, 0.6) is 0 Å². The molecule has 0 saturated carbocycles. The monoisotopic (exact) mass is 635 g/mol. The van der Waals surface area contributed by atoms with Gasteiger partial charge in [-0.15, -0.1) is 0 Å². The first kappa shape index (κ1) is 28.8. The standard InChI is InChI=1S/C45H25N5/c46-26-29-20-23-44-40(24-29)38-16-9-10-31(28-48)45(38)49(44)32-22-21-30(27-47)39(25-32)34-12-2-1-11-33(34)35-13-3-6-17-41(35)50-42-18-7-4-14-36(42)37-15-5-8-19-43(37)50/h1-25H. The lowest BCUT2D eigenvalue weighted by atomic mass is 9.91. The van der Waals surface area contributed by atoms with E-state index >= 15 is 0 Å². The summed E-state index contributed by atoms with van der Waals surface area (Å²) in [6.45, 7) is 0. The fourth-order valence-corrected chi connectivity index (χ4v) is 7.52. The Kier molecular flexibility index (Phi) is 6.56. The van der Waals surface area contributed by atoms with Crippen molar-refractivity contribution in [3.05, 3.63) is 168 Å². The van der Waals surface area contributed by atoms with Crippen molar-refractivity contribution in [3.63, 3.8) is 0 Å². The Balaban J connectivity index is 1.31. The van der Waals surface area contributed by atoms with Crippen molar-refractivity contribution in [1.29, 1.82) is 15.8 Å². The van der Waals surface area contributed by atoms with Crippen molar-refractivity contribution in [3.8, 4) is 51.8 Å². The molecular weight excluding hydrogens is 611 g/mol. The average molecular weight is 636 g/mol. The molecule has 0 spiro atoms. The molecule has 0 atom stereocenters. The van der Waals surface area contributed by atoms with E-state index in [0.29, 0.717) is 16.7 Å². The predicted molar refractivity (Wildman–Crippen MR) is 200 cm³/mol. The quantitative estimate of drug-likeness (QED) is 0.193. The minimum absolute atomic E-state index is 0.531. The Bertz CT molecular complexity index is 2920. The maximum atomic E-state index is 10.5. The van der Waals surface area contributed by atoms with E-state index in [0.717, 1.165) is 66.5 Å². The van der Waals surface area contributed by atoms with Gasteiger partial charge in [0.1, 0.15) is 6.07 Å². The van der Waals surface area contributed by atoms with Crippen LogP contribution in [0.1, 0.15) is 16.7 Å². The van der Waals surface area contributed by atoms with E-state index in [2.05, 4.69) is 112 Å². The molecule has 5 nitrogen and oxygen atoms in total. The molecule has 0 unspecified atom stereocenters. The van der Waals surface area contributed by atoms with Gasteiger partial charge in [-0.05, 0) is 71.8 Å². The number of fused-ring (bicyclic) bond motifs is 6. The van der Waals surface area contributed by atoms with E-state index in [1.54, 1.807) is 6.07 Å². The second kappa shape index (κ2) is 11.4. The molecule has 9 aromatic rings. The maximum absolute atomic E-state index is 10.5. The van der Waals surface area contributed by atoms with Crippen LogP contribution >= 0.6 is 0 Å². The maximum Gasteiger partial charge on any atom is 0.101 e. The molecular formula is C45H25N5. The molecule has 0 fully saturated rings. The summed E-state index contributed by atoms with van der Waals surface area (Å²) < 4.78 is 4.40. The van der Waals surface area contributed by atoms with Gasteiger partial charge in [0, 0.05) is 38.4 Å². The number of para-hydroxylation sites is 4. The van der Waals surface area contributed by atoms with Crippen molar-refractivity contribution in [1.82, 2.24) is 9.13 Å². The van der Waals surface area contributed by atoms with Crippen LogP contribution in [0, 0.1) is 34.0 Å². The lowest BCUT2D eigenvalue weighted by Crippen LogP contribution is -2.00. The van der Waals surface area contributed by atoms with Gasteiger partial charge in [0.05, 0.1) is 56.6 Å². The third kappa shape index (κ3) is 4.24. The van der Waals surface area contributed by atoms with Crippen LogP contribution < -0.4 is 0 Å². The Morgan fingerprint density at radius 1 is 0.380 bits per heavy atom. The third-order valence-electron chi connectivity index (χ3n) is 9.65. The molecule has 50 heavy (non-hydrogen) atoms. The summed E-state index contributed by atoms with van der Waals surface area (Å²) in [6.07, 6.45) is 0. The van der Waals surface area contributed by atoms with Gasteiger partial charge in [-0.1, -0.05) is 91.0 Å². The fourth-order valence-electron chi connectivity index (χ4n) is 7.52. The van der Waals surface area contributed by atoms with Gasteiger partial charge in [0.25, 0.3) is 0 Å². The van der Waals surface area contributed by atoms with Crippen LogP contribution in [-0.4, -0.2) is 9.13 Å². The largest absolute Gasteiger partial charge is 0.309 e. The number of benzene rings is 7. The third-order valence-corrected chi connectivity index (χ3v) is 9.65. The predicted octanol–water partition coefficient (Wildman–Crippen LogP) is 10.8. The van der Waals surface area contributed by atoms with Crippen molar-refractivity contribution in [2.45, 2.75) is 0 Å². The zero-order chi connectivity index (χ0) is 33.8. The molecule has 0 N–H and O–H groups in total. The normalized spacial score (nSPS) is 11.1. The van der Waals surface area contributed by atoms with Crippen LogP contribution in [0.15, 0.2) is 152 Å². The van der Waals surface area contributed by atoms with Gasteiger partial charge in [0.2, 0.25) is 0 Å². The minimum atomic E-state index is 0.531. The number of aromatic nitrogens is 2. The lowest BCUT2D eigenvalue weighted by molar-refractivity contribution is 1.17. The van der Waals surface area contributed by atoms with E-state index in [1.807, 2.05) is 60.7 Å². The molecule has 230 valence electrons. The second-order valence-electron chi connectivity index (χ2n) is 12.3. The molecule has 0 amide bonds. The first-order valence-corrected chi connectivity index (χ1v) is 16.3. The highest BCUT2D eigenvalue weighted by Gasteiger charge is 2.21. The average Bonchev–Trinajstić information content (AvgIpc) is 3.70. The fraction of sp³-hybridized carbons (Fsp3) is 0. The van der Waals surface area contributed by atoms with E-state index in [4.69, 9.17) is 0 Å². The summed E-state index contributed by atoms with van der Waals surface area (Å²) in [5.74, 6) is 0. The lowest BCUT2D eigenvalue weighted by Gasteiger charge is -2.18. The van der Waals surface area contributed by atoms with Gasteiger partial charge < -0.3 is 9.13 Å². The van der Waals surface area contributed by atoms with E-state index in [-0.39, 0.29) is 0 Å². The van der Waals surface area contributed by atoms with Crippen molar-refractivity contribution < 1.29 is 0 Å². The Morgan fingerprint density at radius 2 is 0.980 bits per heavy atom. The summed E-state index contributed by atoms with van der Waals surface area (Å²) >= 11 is 0. The van der Waals surface area contributed by atoms with Crippen LogP contribution in [0.25, 0.3) is 77.2 Å². The number of hydrogen-bond acceptors (Lipinski definition) is 3. The first-order chi connectivity index (χ1) is 24.7. The number of hydrogen-bond donors (Lipinski definition) is 0. The highest BCUT2D eigenvalue weighted by molar-refractivity contribution is 6.12. The van der Waals surface area contributed by atoms with Gasteiger partial charge in [-0.2, -0.15) is 15.8 Å². The van der Waals surface area contributed by atoms with Crippen LogP contribution in [-0.2, 0) is 0 Å². The van der Waals surface area contributed by atoms with Gasteiger partial charge in [-0.3, -0.25) is 0 Å². The molecule has 2 aromatic heterocycles. The van der Waals surface area contributed by atoms with Crippen LogP contribution in [0.3, 0.4) is 0 Å². The van der Waals surface area contributed by atoms with E-state index < -0.39 is 0 Å². The van der Waals surface area contributed by atoms with Gasteiger partial charge in [0.15, 0.2) is 0 Å². The minimum Gasteiger partial charge on any atom is -0.309 e. The summed E-state index contributed by atoms with van der Waals surface area (Å²) in [5, 5.41) is 34.5. The Morgan fingerprint density at radius 3 is 1.68 bits per heavy atom. The molecule has 0 saturated heterocycles. The molecule has 0 aliphatic heterocycles. The molecule has 2 heterocycles. The van der Waals surface area contributed by atoms with Crippen LogP contribution in [0.4, 0.5) is 0 Å².